The molecule has 0 bridgehead atoms. The fourth-order valence-corrected chi connectivity index (χ4v) is 6.52. The van der Waals surface area contributed by atoms with Crippen molar-refractivity contribution in [1.29, 1.82) is 0 Å². The number of aryl methyl sites for hydroxylation is 1. The van der Waals surface area contributed by atoms with E-state index in [1.54, 1.807) is 49.4 Å². The minimum atomic E-state index is -4.22. The molecule has 44 heavy (non-hydrogen) atoms. The first-order chi connectivity index (χ1) is 21.0. The van der Waals surface area contributed by atoms with E-state index in [9.17, 15) is 18.0 Å². The Kier molecular flexibility index (Phi) is 11.3. The lowest BCUT2D eigenvalue weighted by Gasteiger charge is -2.34. The average Bonchev–Trinajstić information content (AvgIpc) is 3.00. The summed E-state index contributed by atoms with van der Waals surface area (Å²) < 4.78 is 29.1. The van der Waals surface area contributed by atoms with E-state index >= 15 is 0 Å². The molecule has 1 unspecified atom stereocenters. The van der Waals surface area contributed by atoms with E-state index in [1.165, 1.54) is 29.2 Å². The molecule has 7 nitrogen and oxygen atoms in total. The predicted molar refractivity (Wildman–Crippen MR) is 177 cm³/mol. The topological polar surface area (TPSA) is 86.8 Å². The first-order valence-electron chi connectivity index (χ1n) is 13.9. The Hall–Kier alpha value is -3.56. The number of hydrogen-bond acceptors (Lipinski definition) is 4. The maximum atomic E-state index is 14.4. The standard InChI is InChI=1S/C33H32Cl3N3O4S/c1-3-37-33(41)31(20-24-7-5-4-6-8-24)38(21-25-11-18-29(35)30(36)19-25)32(40)22-39(27-14-9-23(2)10-15-27)44(42,43)28-16-12-26(34)13-17-28/h4-19,31H,3,20-22H2,1-2H3,(H,37,41). The normalized spacial score (nSPS) is 11.9. The Morgan fingerprint density at radius 3 is 2.09 bits per heavy atom. The highest BCUT2D eigenvalue weighted by Crippen LogP contribution is 2.27. The Morgan fingerprint density at radius 2 is 1.48 bits per heavy atom. The number of amides is 2. The number of carbonyl (C=O) groups excluding carboxylic acids is 2. The fraction of sp³-hybridized carbons (Fsp3) is 0.212. The molecule has 4 aromatic rings. The lowest BCUT2D eigenvalue weighted by Crippen LogP contribution is -2.53. The lowest BCUT2D eigenvalue weighted by molar-refractivity contribution is -0.140. The van der Waals surface area contributed by atoms with Gasteiger partial charge in [0.2, 0.25) is 11.8 Å². The first-order valence-corrected chi connectivity index (χ1v) is 16.5. The Labute approximate surface area is 273 Å². The van der Waals surface area contributed by atoms with Crippen LogP contribution in [0.15, 0.2) is 102 Å². The van der Waals surface area contributed by atoms with Crippen LogP contribution in [-0.2, 0) is 32.6 Å². The lowest BCUT2D eigenvalue weighted by atomic mass is 10.0. The van der Waals surface area contributed by atoms with Gasteiger partial charge in [-0.15, -0.1) is 0 Å². The third-order valence-corrected chi connectivity index (χ3v) is 9.74. The van der Waals surface area contributed by atoms with Crippen LogP contribution >= 0.6 is 34.8 Å². The zero-order valence-electron chi connectivity index (χ0n) is 24.2. The smallest absolute Gasteiger partial charge is 0.264 e. The van der Waals surface area contributed by atoms with Crippen molar-refractivity contribution in [3.8, 4) is 0 Å². The zero-order valence-corrected chi connectivity index (χ0v) is 27.3. The van der Waals surface area contributed by atoms with Gasteiger partial charge in [-0.05, 0) is 73.5 Å². The summed E-state index contributed by atoms with van der Waals surface area (Å²) in [6.07, 6.45) is 0.203. The molecule has 11 heteroatoms. The van der Waals surface area contributed by atoms with Gasteiger partial charge < -0.3 is 10.2 Å². The number of rotatable bonds is 12. The Morgan fingerprint density at radius 1 is 0.818 bits per heavy atom. The number of nitrogens with zero attached hydrogens (tertiary/aromatic N) is 2. The average molecular weight is 673 g/mol. The van der Waals surface area contributed by atoms with E-state index in [0.29, 0.717) is 32.9 Å². The van der Waals surface area contributed by atoms with Gasteiger partial charge in [0, 0.05) is 24.5 Å². The molecule has 0 radical (unpaired) electrons. The summed E-state index contributed by atoms with van der Waals surface area (Å²) in [4.78, 5) is 29.3. The molecular formula is C33H32Cl3N3O4S. The van der Waals surface area contributed by atoms with Crippen molar-refractivity contribution in [2.75, 3.05) is 17.4 Å². The molecule has 0 aliphatic carbocycles. The van der Waals surface area contributed by atoms with Crippen LogP contribution in [0, 0.1) is 6.92 Å². The van der Waals surface area contributed by atoms with Crippen molar-refractivity contribution in [1.82, 2.24) is 10.2 Å². The van der Waals surface area contributed by atoms with Crippen LogP contribution in [0.25, 0.3) is 0 Å². The van der Waals surface area contributed by atoms with Crippen molar-refractivity contribution in [3.05, 3.63) is 129 Å². The molecule has 0 spiro atoms. The number of likely N-dealkylation sites (N-methyl/N-ethyl adjacent to an activating group) is 1. The Balaban J connectivity index is 1.80. The van der Waals surface area contributed by atoms with Gasteiger partial charge in [-0.3, -0.25) is 13.9 Å². The van der Waals surface area contributed by atoms with E-state index in [0.717, 1.165) is 15.4 Å². The molecule has 0 aliphatic heterocycles. The summed E-state index contributed by atoms with van der Waals surface area (Å²) in [7, 11) is -4.22. The van der Waals surface area contributed by atoms with Crippen molar-refractivity contribution < 1.29 is 18.0 Å². The van der Waals surface area contributed by atoms with Gasteiger partial charge in [-0.1, -0.05) is 88.9 Å². The number of nitrogens with one attached hydrogen (secondary N) is 1. The molecule has 0 aliphatic rings. The zero-order chi connectivity index (χ0) is 31.9. The quantitative estimate of drug-likeness (QED) is 0.177. The largest absolute Gasteiger partial charge is 0.355 e. The minimum Gasteiger partial charge on any atom is -0.355 e. The van der Waals surface area contributed by atoms with Crippen LogP contribution in [0.2, 0.25) is 15.1 Å². The molecule has 0 saturated carbocycles. The van der Waals surface area contributed by atoms with Crippen molar-refractivity contribution in [2.45, 2.75) is 37.8 Å². The number of benzene rings is 4. The highest BCUT2D eigenvalue weighted by atomic mass is 35.5. The minimum absolute atomic E-state index is 0.0207. The van der Waals surface area contributed by atoms with Crippen LogP contribution in [-0.4, -0.2) is 44.3 Å². The van der Waals surface area contributed by atoms with Crippen LogP contribution in [0.3, 0.4) is 0 Å². The van der Waals surface area contributed by atoms with E-state index in [4.69, 9.17) is 34.8 Å². The van der Waals surface area contributed by atoms with Crippen LogP contribution in [0.1, 0.15) is 23.6 Å². The molecule has 2 amide bonds. The maximum Gasteiger partial charge on any atom is 0.264 e. The van der Waals surface area contributed by atoms with Gasteiger partial charge in [-0.25, -0.2) is 8.42 Å². The van der Waals surface area contributed by atoms with E-state index in [-0.39, 0.29) is 23.8 Å². The summed E-state index contributed by atoms with van der Waals surface area (Å²) >= 11 is 18.5. The third-order valence-electron chi connectivity index (χ3n) is 6.96. The second-order valence-electron chi connectivity index (χ2n) is 10.2. The molecule has 4 rings (SSSR count). The predicted octanol–water partition coefficient (Wildman–Crippen LogP) is 6.93. The van der Waals surface area contributed by atoms with Gasteiger partial charge >= 0.3 is 0 Å². The summed E-state index contributed by atoms with van der Waals surface area (Å²) in [6, 6.07) is 25.9. The van der Waals surface area contributed by atoms with Crippen LogP contribution in [0.4, 0.5) is 5.69 Å². The second kappa shape index (κ2) is 14.9. The van der Waals surface area contributed by atoms with E-state index in [2.05, 4.69) is 5.32 Å². The third kappa shape index (κ3) is 8.33. The fourth-order valence-electron chi connectivity index (χ4n) is 4.65. The Bertz CT molecular complexity index is 1700. The van der Waals surface area contributed by atoms with Gasteiger partial charge in [0.1, 0.15) is 12.6 Å². The van der Waals surface area contributed by atoms with Crippen LogP contribution < -0.4 is 9.62 Å². The number of sulfonamides is 1. The molecule has 0 saturated heterocycles. The molecular weight excluding hydrogens is 641 g/mol. The molecule has 230 valence electrons. The van der Waals surface area contributed by atoms with Gasteiger partial charge in [-0.2, -0.15) is 0 Å². The molecule has 4 aromatic carbocycles. The number of hydrogen-bond donors (Lipinski definition) is 1. The van der Waals surface area contributed by atoms with Crippen LogP contribution in [0.5, 0.6) is 0 Å². The first kappa shape index (κ1) is 33.3. The van der Waals surface area contributed by atoms with E-state index in [1.807, 2.05) is 37.3 Å². The van der Waals surface area contributed by atoms with Crippen molar-refractivity contribution >= 4 is 62.3 Å². The SMILES string of the molecule is CCNC(=O)C(Cc1ccccc1)N(Cc1ccc(Cl)c(Cl)c1)C(=O)CN(c1ccc(C)cc1)S(=O)(=O)c1ccc(Cl)cc1. The summed E-state index contributed by atoms with van der Waals surface area (Å²) in [5, 5.41) is 3.85. The summed E-state index contributed by atoms with van der Waals surface area (Å²) in [5.74, 6) is -0.950. The summed E-state index contributed by atoms with van der Waals surface area (Å²) in [6.45, 7) is 3.43. The van der Waals surface area contributed by atoms with Gasteiger partial charge in [0.15, 0.2) is 0 Å². The monoisotopic (exact) mass is 671 g/mol. The summed E-state index contributed by atoms with van der Waals surface area (Å²) in [5.41, 5.74) is 2.67. The van der Waals surface area contributed by atoms with Crippen molar-refractivity contribution in [2.24, 2.45) is 0 Å². The van der Waals surface area contributed by atoms with Crippen molar-refractivity contribution in [3.63, 3.8) is 0 Å². The molecule has 0 heterocycles. The number of carbonyl (C=O) groups is 2. The van der Waals surface area contributed by atoms with Gasteiger partial charge in [0.05, 0.1) is 20.6 Å². The molecule has 1 N–H and O–H groups in total. The highest BCUT2D eigenvalue weighted by Gasteiger charge is 2.34. The highest BCUT2D eigenvalue weighted by molar-refractivity contribution is 7.92. The maximum absolute atomic E-state index is 14.4. The number of halogens is 3. The van der Waals surface area contributed by atoms with E-state index < -0.39 is 28.5 Å². The molecule has 0 aromatic heterocycles. The van der Waals surface area contributed by atoms with Gasteiger partial charge in [0.25, 0.3) is 10.0 Å². The second-order valence-corrected chi connectivity index (χ2v) is 13.3. The molecule has 1 atom stereocenters. The number of anilines is 1. The molecule has 0 fully saturated rings.